The number of nitrogens with one attached hydrogen (secondary N) is 2. The van der Waals surface area contributed by atoms with Gasteiger partial charge in [-0.15, -0.1) is 0 Å². The smallest absolute Gasteiger partial charge is 0.0119 e. The molecule has 1 aliphatic rings. The van der Waals surface area contributed by atoms with Gasteiger partial charge >= 0.3 is 0 Å². The molecule has 0 heterocycles. The third kappa shape index (κ3) is 4.84. The van der Waals surface area contributed by atoms with Gasteiger partial charge in [0.1, 0.15) is 0 Å². The zero-order valence-electron chi connectivity index (χ0n) is 11.8. The highest BCUT2D eigenvalue weighted by atomic mass is 15.0. The molecule has 1 atom stereocenters. The van der Waals surface area contributed by atoms with Crippen molar-refractivity contribution < 1.29 is 0 Å². The lowest BCUT2D eigenvalue weighted by Crippen LogP contribution is -2.48. The van der Waals surface area contributed by atoms with Crippen molar-refractivity contribution in [1.29, 1.82) is 0 Å². The van der Waals surface area contributed by atoms with E-state index >= 15 is 0 Å². The van der Waals surface area contributed by atoms with Gasteiger partial charge in [-0.05, 0) is 39.0 Å². The van der Waals surface area contributed by atoms with E-state index in [1.807, 2.05) is 0 Å². The minimum atomic E-state index is 0.240. The third-order valence-electron chi connectivity index (χ3n) is 3.68. The van der Waals surface area contributed by atoms with Crippen LogP contribution in [-0.2, 0) is 0 Å². The van der Waals surface area contributed by atoms with E-state index in [4.69, 9.17) is 0 Å². The Labute approximate surface area is 102 Å². The maximum absolute atomic E-state index is 3.72. The molecular weight excluding hydrogens is 196 g/mol. The number of hydrogen-bond donors (Lipinski definition) is 2. The predicted molar refractivity (Wildman–Crippen MR) is 71.8 cm³/mol. The molecule has 16 heavy (non-hydrogen) atoms. The van der Waals surface area contributed by atoms with Gasteiger partial charge < -0.3 is 10.6 Å². The van der Waals surface area contributed by atoms with Gasteiger partial charge in [0.2, 0.25) is 0 Å². The average molecular weight is 226 g/mol. The van der Waals surface area contributed by atoms with Crippen LogP contribution < -0.4 is 10.6 Å². The first kappa shape index (κ1) is 14.0. The highest BCUT2D eigenvalue weighted by molar-refractivity contribution is 4.88. The molecule has 0 spiro atoms. The van der Waals surface area contributed by atoms with E-state index < -0.39 is 0 Å². The summed E-state index contributed by atoms with van der Waals surface area (Å²) in [5.41, 5.74) is 0.726. The molecule has 0 aromatic carbocycles. The van der Waals surface area contributed by atoms with Gasteiger partial charge in [0.25, 0.3) is 0 Å². The van der Waals surface area contributed by atoms with Gasteiger partial charge in [0.05, 0.1) is 0 Å². The largest absolute Gasteiger partial charge is 0.312 e. The van der Waals surface area contributed by atoms with Crippen LogP contribution in [-0.4, -0.2) is 24.7 Å². The SMILES string of the molecule is CC(C)(C)NCCNC1CCCCC1(C)C. The molecule has 0 aromatic heterocycles. The first-order valence-electron chi connectivity index (χ1n) is 6.80. The van der Waals surface area contributed by atoms with Crippen LogP contribution in [0.1, 0.15) is 60.3 Å². The Morgan fingerprint density at radius 3 is 2.38 bits per heavy atom. The van der Waals surface area contributed by atoms with Gasteiger partial charge in [-0.1, -0.05) is 26.7 Å². The first-order valence-corrected chi connectivity index (χ1v) is 6.80. The predicted octanol–water partition coefficient (Wildman–Crippen LogP) is 2.93. The summed E-state index contributed by atoms with van der Waals surface area (Å²) in [5, 5.41) is 7.25. The molecule has 0 radical (unpaired) electrons. The first-order chi connectivity index (χ1) is 7.31. The molecule has 2 heteroatoms. The van der Waals surface area contributed by atoms with Gasteiger partial charge in [0, 0.05) is 24.7 Å². The molecule has 0 aromatic rings. The van der Waals surface area contributed by atoms with E-state index in [1.165, 1.54) is 25.7 Å². The van der Waals surface area contributed by atoms with Crippen LogP contribution in [0.4, 0.5) is 0 Å². The van der Waals surface area contributed by atoms with Crippen LogP contribution >= 0.6 is 0 Å². The maximum atomic E-state index is 3.72. The van der Waals surface area contributed by atoms with E-state index in [1.54, 1.807) is 0 Å². The zero-order valence-corrected chi connectivity index (χ0v) is 11.8. The van der Waals surface area contributed by atoms with Crippen LogP contribution in [0.15, 0.2) is 0 Å². The average Bonchev–Trinajstić information content (AvgIpc) is 2.12. The molecule has 0 saturated heterocycles. The number of rotatable bonds is 4. The van der Waals surface area contributed by atoms with Gasteiger partial charge in [0.15, 0.2) is 0 Å². The van der Waals surface area contributed by atoms with E-state index in [9.17, 15) is 0 Å². The summed E-state index contributed by atoms with van der Waals surface area (Å²) in [6.45, 7) is 13.6. The minimum absolute atomic E-state index is 0.240. The molecular formula is C14H30N2. The summed E-state index contributed by atoms with van der Waals surface area (Å²) >= 11 is 0. The van der Waals surface area contributed by atoms with E-state index in [2.05, 4.69) is 45.3 Å². The fourth-order valence-corrected chi connectivity index (χ4v) is 2.56. The van der Waals surface area contributed by atoms with Crippen LogP contribution in [0, 0.1) is 5.41 Å². The monoisotopic (exact) mass is 226 g/mol. The van der Waals surface area contributed by atoms with Crippen LogP contribution in [0.25, 0.3) is 0 Å². The van der Waals surface area contributed by atoms with E-state index in [-0.39, 0.29) is 5.54 Å². The molecule has 1 rings (SSSR count). The summed E-state index contributed by atoms with van der Waals surface area (Å²) in [4.78, 5) is 0. The van der Waals surface area contributed by atoms with Crippen LogP contribution in [0.5, 0.6) is 0 Å². The molecule has 1 saturated carbocycles. The second-order valence-electron chi connectivity index (χ2n) is 6.92. The standard InChI is InChI=1S/C14H30N2/c1-13(2,3)16-11-10-15-12-8-6-7-9-14(12,4)5/h12,15-16H,6-11H2,1-5H3. The summed E-state index contributed by atoms with van der Waals surface area (Å²) in [6, 6.07) is 0.711. The van der Waals surface area contributed by atoms with Crippen molar-refractivity contribution in [2.75, 3.05) is 13.1 Å². The quantitative estimate of drug-likeness (QED) is 0.720. The normalized spacial score (nSPS) is 25.7. The third-order valence-corrected chi connectivity index (χ3v) is 3.68. The molecule has 2 nitrogen and oxygen atoms in total. The second-order valence-corrected chi connectivity index (χ2v) is 6.92. The highest BCUT2D eigenvalue weighted by Crippen LogP contribution is 2.35. The van der Waals surface area contributed by atoms with Crippen molar-refractivity contribution in [2.24, 2.45) is 5.41 Å². The Bertz CT molecular complexity index is 203. The van der Waals surface area contributed by atoms with Crippen LogP contribution in [0.2, 0.25) is 0 Å². The van der Waals surface area contributed by atoms with Crippen molar-refractivity contribution in [3.63, 3.8) is 0 Å². The summed E-state index contributed by atoms with van der Waals surface area (Å²) < 4.78 is 0. The summed E-state index contributed by atoms with van der Waals surface area (Å²) in [6.07, 6.45) is 5.53. The maximum Gasteiger partial charge on any atom is 0.0119 e. The van der Waals surface area contributed by atoms with Gasteiger partial charge in [-0.25, -0.2) is 0 Å². The molecule has 1 unspecified atom stereocenters. The van der Waals surface area contributed by atoms with Crippen LogP contribution in [0.3, 0.4) is 0 Å². The molecule has 1 fully saturated rings. The minimum Gasteiger partial charge on any atom is -0.312 e. The van der Waals surface area contributed by atoms with Crippen molar-refractivity contribution in [2.45, 2.75) is 71.9 Å². The van der Waals surface area contributed by atoms with Crippen molar-refractivity contribution >= 4 is 0 Å². The number of hydrogen-bond acceptors (Lipinski definition) is 2. The Morgan fingerprint density at radius 2 is 1.81 bits per heavy atom. The Hall–Kier alpha value is -0.0800. The van der Waals surface area contributed by atoms with Gasteiger partial charge in [-0.2, -0.15) is 0 Å². The topological polar surface area (TPSA) is 24.1 Å². The molecule has 0 bridgehead atoms. The Kier molecular flexibility index (Phi) is 4.81. The molecule has 0 amide bonds. The lowest BCUT2D eigenvalue weighted by atomic mass is 9.73. The second kappa shape index (κ2) is 5.50. The molecule has 0 aliphatic heterocycles. The molecule has 2 N–H and O–H groups in total. The van der Waals surface area contributed by atoms with Crippen molar-refractivity contribution in [3.05, 3.63) is 0 Å². The van der Waals surface area contributed by atoms with Gasteiger partial charge in [-0.3, -0.25) is 0 Å². The summed E-state index contributed by atoms with van der Waals surface area (Å²) in [7, 11) is 0. The fraction of sp³-hybridized carbons (Fsp3) is 1.00. The molecule has 96 valence electrons. The van der Waals surface area contributed by atoms with E-state index in [0.29, 0.717) is 11.5 Å². The molecule has 1 aliphatic carbocycles. The van der Waals surface area contributed by atoms with E-state index in [0.717, 1.165) is 13.1 Å². The summed E-state index contributed by atoms with van der Waals surface area (Å²) in [5.74, 6) is 0. The lowest BCUT2D eigenvalue weighted by molar-refractivity contribution is 0.168. The lowest BCUT2D eigenvalue weighted by Gasteiger charge is -2.39. The van der Waals surface area contributed by atoms with Crippen molar-refractivity contribution in [1.82, 2.24) is 10.6 Å². The van der Waals surface area contributed by atoms with Crippen molar-refractivity contribution in [3.8, 4) is 0 Å². The Morgan fingerprint density at radius 1 is 1.12 bits per heavy atom. The highest BCUT2D eigenvalue weighted by Gasteiger charge is 2.31. The Balaban J connectivity index is 2.21. The fourth-order valence-electron chi connectivity index (χ4n) is 2.56. The zero-order chi connectivity index (χ0) is 12.2.